The normalized spacial score (nSPS) is 18.2. The molecule has 0 unspecified atom stereocenters. The van der Waals surface area contributed by atoms with Crippen LogP contribution in [0.25, 0.3) is 11.2 Å². The molecule has 1 aliphatic carbocycles. The highest BCUT2D eigenvalue weighted by Crippen LogP contribution is 2.49. The number of ether oxygens (including phenoxy) is 2. The molecule has 3 aliphatic rings. The minimum atomic E-state index is -1.82. The van der Waals surface area contributed by atoms with Gasteiger partial charge in [-0.3, -0.25) is 48.7 Å². The maximum atomic E-state index is 13.8. The number of Topliss-reactive ketones (excluding diaryl/α,β-unsaturated/α-hetero) is 2. The van der Waals surface area contributed by atoms with Crippen LogP contribution in [-0.2, 0) is 54.4 Å². The lowest BCUT2D eigenvalue weighted by Crippen LogP contribution is -2.74. The molecule has 2 aromatic heterocycles. The van der Waals surface area contributed by atoms with E-state index in [9.17, 15) is 68.1 Å². The molecule has 1 fully saturated rings. The van der Waals surface area contributed by atoms with Crippen LogP contribution in [0.1, 0.15) is 42.2 Å². The molecule has 5 amide bonds. The number of nitrogens with one attached hydrogen (secondary N) is 8. The Labute approximate surface area is 442 Å². The maximum Gasteiger partial charge on any atom is 0.404 e. The van der Waals surface area contributed by atoms with Gasteiger partial charge in [0.1, 0.15) is 30.8 Å². The molecule has 33 heteroatoms. The molecule has 0 bridgehead atoms. The number of hydrogen-bond acceptors (Lipinski definition) is 24. The Hall–Kier alpha value is -8.40. The summed E-state index contributed by atoms with van der Waals surface area (Å²) in [7, 11) is 3.50. The third kappa shape index (κ3) is 13.9. The Bertz CT molecular complexity index is 2990. The molecule has 4 heterocycles. The summed E-state index contributed by atoms with van der Waals surface area (Å²) >= 11 is 0. The second-order valence-corrected chi connectivity index (χ2v) is 19.7. The molecular formula is C44H53N15O16S2. The summed E-state index contributed by atoms with van der Waals surface area (Å²) in [5, 5.41) is 47.1. The summed E-state index contributed by atoms with van der Waals surface area (Å²) in [5.74, 6) is -11.6. The quantitative estimate of drug-likeness (QED) is 0.0190. The number of benzene rings is 1. The second-order valence-electron chi connectivity index (χ2n) is 17.1. The molecule has 31 nitrogen and oxygen atoms in total. The average Bonchev–Trinajstić information content (AvgIpc) is 3.78. The summed E-state index contributed by atoms with van der Waals surface area (Å²) in [4.78, 5) is 155. The summed E-state index contributed by atoms with van der Waals surface area (Å²) in [6, 6.07) is -0.612. The predicted octanol–water partition coefficient (Wildman–Crippen LogP) is -3.62. The van der Waals surface area contributed by atoms with Crippen molar-refractivity contribution in [3.8, 4) is 0 Å². The minimum Gasteiger partial charge on any atom is -0.481 e. The van der Waals surface area contributed by atoms with Gasteiger partial charge in [-0.05, 0) is 37.6 Å². The van der Waals surface area contributed by atoms with Crippen LogP contribution >= 0.6 is 21.6 Å². The van der Waals surface area contributed by atoms with Crippen LogP contribution < -0.4 is 60.0 Å². The maximum absolute atomic E-state index is 13.8. The monoisotopic (exact) mass is 1110 g/mol. The fraction of sp³-hybridized carbons (Fsp3) is 0.409. The average molecular weight is 1110 g/mol. The summed E-state index contributed by atoms with van der Waals surface area (Å²) in [5.41, 5.74) is 17.4. The number of hydrogen-bond donors (Lipinski definition) is 14. The van der Waals surface area contributed by atoms with E-state index in [2.05, 4.69) is 57.2 Å². The van der Waals surface area contributed by atoms with Crippen LogP contribution in [0.4, 0.5) is 16.4 Å². The van der Waals surface area contributed by atoms with Crippen molar-refractivity contribution >= 4 is 104 Å². The number of aromatic nitrogens is 4. The zero-order chi connectivity index (χ0) is 56.3. The number of H-pyrrole nitrogens is 1. The number of aliphatic carboxylic acids is 3. The van der Waals surface area contributed by atoms with Gasteiger partial charge in [0.25, 0.3) is 11.5 Å². The molecule has 412 valence electrons. The third-order valence-corrected chi connectivity index (χ3v) is 14.4. The number of rotatable bonds is 28. The number of carbonyl (C=O) groups excluding carboxylic acids is 7. The Balaban J connectivity index is 0.910. The summed E-state index contributed by atoms with van der Waals surface area (Å²) in [6.07, 6.45) is -1.53. The highest BCUT2D eigenvalue weighted by molar-refractivity contribution is 8.76. The van der Waals surface area contributed by atoms with Crippen LogP contribution in [0.5, 0.6) is 0 Å². The van der Waals surface area contributed by atoms with E-state index in [-0.39, 0.29) is 83.1 Å². The van der Waals surface area contributed by atoms with Crippen molar-refractivity contribution in [1.82, 2.24) is 56.7 Å². The molecule has 77 heavy (non-hydrogen) atoms. The first-order valence-electron chi connectivity index (χ1n) is 23.0. The number of nitrogen functional groups attached to an aromatic ring is 1. The van der Waals surface area contributed by atoms with Gasteiger partial charge >= 0.3 is 24.0 Å². The van der Waals surface area contributed by atoms with Crippen molar-refractivity contribution in [3.63, 3.8) is 0 Å². The smallest absolute Gasteiger partial charge is 0.404 e. The number of amides is 5. The van der Waals surface area contributed by atoms with E-state index in [1.165, 1.54) is 44.5 Å². The minimum absolute atomic E-state index is 0.00308. The largest absolute Gasteiger partial charge is 0.481 e. The number of carboxylic acids is 3. The Morgan fingerprint density at radius 3 is 2.26 bits per heavy atom. The number of fused-ring (bicyclic) bond motifs is 3. The lowest BCUT2D eigenvalue weighted by Gasteiger charge is -2.52. The molecule has 0 saturated carbocycles. The van der Waals surface area contributed by atoms with E-state index < -0.39 is 126 Å². The molecule has 1 saturated heterocycles. The van der Waals surface area contributed by atoms with Gasteiger partial charge in [-0.1, -0.05) is 21.6 Å². The van der Waals surface area contributed by atoms with E-state index in [1.54, 1.807) is 4.90 Å². The van der Waals surface area contributed by atoms with Crippen molar-refractivity contribution in [2.75, 3.05) is 56.0 Å². The van der Waals surface area contributed by atoms with Crippen LogP contribution in [-0.4, -0.2) is 174 Å². The molecule has 6 rings (SSSR count). The molecule has 1 aromatic carbocycles. The van der Waals surface area contributed by atoms with Crippen LogP contribution in [0.2, 0.25) is 0 Å². The number of allylic oxidation sites excluding steroid dienone is 2. The van der Waals surface area contributed by atoms with Gasteiger partial charge in [0.05, 0.1) is 48.8 Å². The number of methoxy groups -OCH3 is 1. The Morgan fingerprint density at radius 2 is 1.62 bits per heavy atom. The number of carbonyl (C=O) groups is 10. The molecule has 0 spiro atoms. The van der Waals surface area contributed by atoms with E-state index in [1.807, 2.05) is 0 Å². The summed E-state index contributed by atoms with van der Waals surface area (Å²) in [6.45, 7) is 0.984. The fourth-order valence-corrected chi connectivity index (χ4v) is 10.1. The van der Waals surface area contributed by atoms with Gasteiger partial charge in [0.15, 0.2) is 11.2 Å². The molecule has 17 N–H and O–H groups in total. The topological polar surface area (TPSA) is 487 Å². The third-order valence-electron chi connectivity index (χ3n) is 12.0. The SMILES string of the molecule is CO[C@]12NCN1C1=C(C(=O)C(NCCSSC[C@@H](NC(=O)[C@@H](CC(=O)O)NC(=O)[C@H](N)CNC(=O)CC[C@@H](NC(=O)c3ccc(NCc4cnc5nc(N)[nH]c(=O)c5n4)cc3)C(=O)O)C(=O)O)=C(C)C1=O)[C@H]2COC(N)=O. The lowest BCUT2D eigenvalue weighted by atomic mass is 9.85. The predicted molar refractivity (Wildman–Crippen MR) is 270 cm³/mol. The fourth-order valence-electron chi connectivity index (χ4n) is 8.05. The lowest BCUT2D eigenvalue weighted by molar-refractivity contribution is -0.231. The van der Waals surface area contributed by atoms with Crippen molar-refractivity contribution in [2.45, 2.75) is 62.7 Å². The van der Waals surface area contributed by atoms with E-state index in [0.29, 0.717) is 11.4 Å². The number of aromatic amines is 1. The van der Waals surface area contributed by atoms with Gasteiger partial charge in [0.2, 0.25) is 41.1 Å². The molecule has 2 aliphatic heterocycles. The van der Waals surface area contributed by atoms with Crippen LogP contribution in [0.15, 0.2) is 57.8 Å². The van der Waals surface area contributed by atoms with Gasteiger partial charge in [-0.15, -0.1) is 0 Å². The highest BCUT2D eigenvalue weighted by Gasteiger charge is 2.63. The molecular weight excluding hydrogens is 1060 g/mol. The van der Waals surface area contributed by atoms with Crippen molar-refractivity contribution < 1.29 is 72.7 Å². The highest BCUT2D eigenvalue weighted by atomic mass is 33.1. The van der Waals surface area contributed by atoms with Crippen molar-refractivity contribution in [1.29, 1.82) is 0 Å². The van der Waals surface area contributed by atoms with Crippen LogP contribution in [0.3, 0.4) is 0 Å². The molecule has 6 atom stereocenters. The number of carboxylic acid groups (broad SMARTS) is 3. The first kappa shape index (κ1) is 57.9. The Kier molecular flexibility index (Phi) is 19.1. The van der Waals surface area contributed by atoms with Gasteiger partial charge in [0, 0.05) is 60.5 Å². The number of nitrogens with zero attached hydrogens (tertiary/aromatic N) is 4. The van der Waals surface area contributed by atoms with Crippen LogP contribution in [0, 0.1) is 5.92 Å². The first-order chi connectivity index (χ1) is 36.5. The Morgan fingerprint density at radius 1 is 0.922 bits per heavy atom. The molecule has 3 aromatic rings. The number of nitrogens with two attached hydrogens (primary N) is 3. The van der Waals surface area contributed by atoms with Crippen molar-refractivity contribution in [2.24, 2.45) is 17.4 Å². The van der Waals surface area contributed by atoms with Gasteiger partial charge < -0.3 is 78.8 Å². The van der Waals surface area contributed by atoms with E-state index in [4.69, 9.17) is 26.7 Å². The number of primary amides is 1. The van der Waals surface area contributed by atoms with Gasteiger partial charge in [-0.2, -0.15) is 4.98 Å². The van der Waals surface area contributed by atoms with E-state index in [0.717, 1.165) is 21.6 Å². The number of ketones is 2. The zero-order valence-corrected chi connectivity index (χ0v) is 42.5. The second kappa shape index (κ2) is 25.4. The molecule has 0 radical (unpaired) electrons. The summed E-state index contributed by atoms with van der Waals surface area (Å²) < 4.78 is 10.6. The van der Waals surface area contributed by atoms with E-state index >= 15 is 0 Å². The van der Waals surface area contributed by atoms with Gasteiger partial charge in [-0.25, -0.2) is 24.4 Å². The zero-order valence-electron chi connectivity index (χ0n) is 40.8. The standard InChI is InChI=1S/C44H53N15O16S2/c1-18-30(34(64)29-22(15-75-43(47)73)44(74-2)52-17-59(44)32(29)33(18)63)48-9-10-76-77-16-26(41(71)72)56-38(67)25(11-28(61)62)55-37(66)23(45)14-50-27(60)8-7-24(40(69)70)54-36(65)19-3-5-20(6-4-19)49-12-21-13-51-35-31(53-21)39(68)58-42(46)57-35/h3-6,13,22-26,48-49,52H,7-12,14-17,45H2,1-2H3,(H2,47,73)(H,50,60)(H,54,65)(H,55,66)(H,56,67)(H,61,62)(H,69,70)(H,71,72)(H3,46,51,57,58,68)/t22-,23-,24-,25-,26-,44-/m1/s1. The first-order valence-corrected chi connectivity index (χ1v) is 25.5. The van der Waals surface area contributed by atoms with Crippen molar-refractivity contribution in [3.05, 3.63) is 74.6 Å². The number of anilines is 2.